The van der Waals surface area contributed by atoms with E-state index in [2.05, 4.69) is 9.97 Å². The molecular weight excluding hydrogens is 340 g/mol. The van der Waals surface area contributed by atoms with Crippen molar-refractivity contribution in [2.45, 2.75) is 12.5 Å². The van der Waals surface area contributed by atoms with E-state index in [1.807, 2.05) is 35.2 Å². The Labute approximate surface area is 147 Å². The molecule has 3 rings (SSSR count). The molecule has 1 atom stereocenters. The topological polar surface area (TPSA) is 83.5 Å². The van der Waals surface area contributed by atoms with Crippen molar-refractivity contribution in [1.82, 2.24) is 9.97 Å². The first-order valence-corrected chi connectivity index (χ1v) is 9.78. The minimum Gasteiger partial charge on any atom is -0.354 e. The Bertz CT molecular complexity index is 853. The molecule has 1 aliphatic rings. The van der Waals surface area contributed by atoms with Crippen molar-refractivity contribution >= 4 is 27.2 Å². The first-order chi connectivity index (χ1) is 11.9. The van der Waals surface area contributed by atoms with Gasteiger partial charge in [0, 0.05) is 25.8 Å². The Kier molecular flexibility index (Phi) is 4.71. The second kappa shape index (κ2) is 6.79. The molecule has 0 N–H and O–H groups in total. The third-order valence-electron chi connectivity index (χ3n) is 4.42. The average Bonchev–Trinajstić information content (AvgIpc) is 3.00. The van der Waals surface area contributed by atoms with Crippen LogP contribution in [0, 0.1) is 0 Å². The highest BCUT2D eigenvalue weighted by Crippen LogP contribution is 2.21. The zero-order chi connectivity index (χ0) is 18.0. The molecule has 7 nitrogen and oxygen atoms in total. The van der Waals surface area contributed by atoms with Crippen molar-refractivity contribution in [3.8, 4) is 0 Å². The summed E-state index contributed by atoms with van der Waals surface area (Å²) in [6.45, 7) is 0. The maximum atomic E-state index is 12.5. The van der Waals surface area contributed by atoms with Crippen molar-refractivity contribution in [1.29, 1.82) is 0 Å². The Hall–Kier alpha value is -2.48. The van der Waals surface area contributed by atoms with Crippen LogP contribution in [-0.2, 0) is 9.84 Å². The van der Waals surface area contributed by atoms with Gasteiger partial charge in [-0.05, 0) is 18.6 Å². The Morgan fingerprint density at radius 1 is 1.12 bits per heavy atom. The molecule has 1 amide bonds. The van der Waals surface area contributed by atoms with E-state index in [1.54, 1.807) is 14.1 Å². The number of sulfone groups is 1. The minimum absolute atomic E-state index is 0.104. The predicted octanol–water partition coefficient (Wildman–Crippen LogP) is 1.38. The van der Waals surface area contributed by atoms with Crippen molar-refractivity contribution in [3.05, 3.63) is 48.4 Å². The molecule has 8 heteroatoms. The van der Waals surface area contributed by atoms with Crippen LogP contribution in [0.2, 0.25) is 0 Å². The summed E-state index contributed by atoms with van der Waals surface area (Å²) in [5, 5.41) is 0. The van der Waals surface area contributed by atoms with E-state index < -0.39 is 9.84 Å². The summed E-state index contributed by atoms with van der Waals surface area (Å²) in [5.74, 6) is 0.633. The lowest BCUT2D eigenvalue weighted by atomic mass is 10.2. The zero-order valence-electron chi connectivity index (χ0n) is 14.2. The van der Waals surface area contributed by atoms with Gasteiger partial charge in [-0.3, -0.25) is 4.79 Å². The Morgan fingerprint density at radius 3 is 2.40 bits per heavy atom. The fourth-order valence-electron chi connectivity index (χ4n) is 2.82. The standard InChI is InChI=1S/C17H20N4O3S/c1-20(14-8-9-25(23,24)12-14)16-11-18-15(10-19-16)17(22)21(2)13-6-4-3-5-7-13/h3-7,10-11,14H,8-9,12H2,1-2H3. The van der Waals surface area contributed by atoms with Gasteiger partial charge in [-0.15, -0.1) is 0 Å². The van der Waals surface area contributed by atoms with E-state index in [4.69, 9.17) is 0 Å². The molecule has 2 heterocycles. The normalized spacial score (nSPS) is 18.7. The van der Waals surface area contributed by atoms with Gasteiger partial charge in [-0.2, -0.15) is 0 Å². The van der Waals surface area contributed by atoms with E-state index >= 15 is 0 Å². The van der Waals surface area contributed by atoms with E-state index in [0.717, 1.165) is 5.69 Å². The molecule has 132 valence electrons. The number of rotatable bonds is 4. The maximum Gasteiger partial charge on any atom is 0.278 e. The summed E-state index contributed by atoms with van der Waals surface area (Å²) in [5.41, 5.74) is 1.01. The third-order valence-corrected chi connectivity index (χ3v) is 6.17. The van der Waals surface area contributed by atoms with Gasteiger partial charge in [0.05, 0.1) is 23.9 Å². The molecule has 0 radical (unpaired) electrons. The van der Waals surface area contributed by atoms with Gasteiger partial charge in [0.25, 0.3) is 5.91 Å². The number of aromatic nitrogens is 2. The lowest BCUT2D eigenvalue weighted by molar-refractivity contribution is 0.0988. The number of nitrogens with zero attached hydrogens (tertiary/aromatic N) is 4. The minimum atomic E-state index is -2.96. The molecule has 1 aromatic carbocycles. The molecule has 2 aromatic rings. The lowest BCUT2D eigenvalue weighted by Crippen LogP contribution is -2.33. The van der Waals surface area contributed by atoms with Gasteiger partial charge in [-0.1, -0.05) is 18.2 Å². The zero-order valence-corrected chi connectivity index (χ0v) is 15.0. The van der Waals surface area contributed by atoms with E-state index in [1.165, 1.54) is 17.3 Å². The van der Waals surface area contributed by atoms with E-state index in [9.17, 15) is 13.2 Å². The SMILES string of the molecule is CN(C(=O)c1cnc(N(C)C2CCS(=O)(=O)C2)cn1)c1ccccc1. The number of para-hydroxylation sites is 1. The van der Waals surface area contributed by atoms with Gasteiger partial charge in [0.15, 0.2) is 9.84 Å². The highest BCUT2D eigenvalue weighted by Gasteiger charge is 2.31. The summed E-state index contributed by atoms with van der Waals surface area (Å²) in [6.07, 6.45) is 3.52. The second-order valence-electron chi connectivity index (χ2n) is 6.13. The average molecular weight is 360 g/mol. The molecule has 25 heavy (non-hydrogen) atoms. The Balaban J connectivity index is 1.73. The van der Waals surface area contributed by atoms with Gasteiger partial charge < -0.3 is 9.80 Å². The van der Waals surface area contributed by atoms with Gasteiger partial charge in [0.2, 0.25) is 0 Å². The highest BCUT2D eigenvalue weighted by molar-refractivity contribution is 7.91. The first kappa shape index (κ1) is 17.3. The molecule has 0 aliphatic carbocycles. The van der Waals surface area contributed by atoms with Crippen molar-refractivity contribution in [2.24, 2.45) is 0 Å². The van der Waals surface area contributed by atoms with Crippen LogP contribution in [0.15, 0.2) is 42.7 Å². The van der Waals surface area contributed by atoms with Gasteiger partial charge >= 0.3 is 0 Å². The van der Waals surface area contributed by atoms with Crippen LogP contribution in [0.3, 0.4) is 0 Å². The molecule has 1 saturated heterocycles. The van der Waals surface area contributed by atoms with Crippen molar-refractivity contribution < 1.29 is 13.2 Å². The number of carbonyl (C=O) groups excluding carboxylic acids is 1. The number of anilines is 2. The molecule has 0 saturated carbocycles. The number of hydrogen-bond acceptors (Lipinski definition) is 6. The summed E-state index contributed by atoms with van der Waals surface area (Å²) in [6, 6.07) is 9.18. The summed E-state index contributed by atoms with van der Waals surface area (Å²) in [7, 11) is 0.519. The van der Waals surface area contributed by atoms with Gasteiger partial charge in [-0.25, -0.2) is 18.4 Å². The van der Waals surface area contributed by atoms with Crippen LogP contribution in [-0.4, -0.2) is 55.9 Å². The van der Waals surface area contributed by atoms with Crippen LogP contribution < -0.4 is 9.80 Å². The fourth-order valence-corrected chi connectivity index (χ4v) is 4.60. The molecule has 1 aliphatic heterocycles. The molecule has 0 spiro atoms. The molecule has 1 unspecified atom stereocenters. The van der Waals surface area contributed by atoms with Crippen molar-refractivity contribution in [3.63, 3.8) is 0 Å². The monoisotopic (exact) mass is 360 g/mol. The maximum absolute atomic E-state index is 12.5. The number of amides is 1. The number of carbonyl (C=O) groups is 1. The quantitative estimate of drug-likeness (QED) is 0.819. The van der Waals surface area contributed by atoms with Crippen LogP contribution >= 0.6 is 0 Å². The molecular formula is C17H20N4O3S. The van der Waals surface area contributed by atoms with Crippen LogP contribution in [0.1, 0.15) is 16.9 Å². The van der Waals surface area contributed by atoms with Crippen LogP contribution in [0.5, 0.6) is 0 Å². The fraction of sp³-hybridized carbons (Fsp3) is 0.353. The third kappa shape index (κ3) is 3.79. The number of hydrogen-bond donors (Lipinski definition) is 0. The predicted molar refractivity (Wildman–Crippen MR) is 96.7 cm³/mol. The molecule has 1 fully saturated rings. The second-order valence-corrected chi connectivity index (χ2v) is 8.36. The van der Waals surface area contributed by atoms with Gasteiger partial charge in [0.1, 0.15) is 11.5 Å². The summed E-state index contributed by atoms with van der Waals surface area (Å²) >= 11 is 0. The van der Waals surface area contributed by atoms with E-state index in [-0.39, 0.29) is 29.1 Å². The van der Waals surface area contributed by atoms with Crippen LogP contribution in [0.4, 0.5) is 11.5 Å². The van der Waals surface area contributed by atoms with Crippen LogP contribution in [0.25, 0.3) is 0 Å². The first-order valence-electron chi connectivity index (χ1n) is 7.96. The summed E-state index contributed by atoms with van der Waals surface area (Å²) in [4.78, 5) is 24.3. The largest absolute Gasteiger partial charge is 0.354 e. The van der Waals surface area contributed by atoms with E-state index in [0.29, 0.717) is 12.2 Å². The smallest absolute Gasteiger partial charge is 0.278 e. The highest BCUT2D eigenvalue weighted by atomic mass is 32.2. The lowest BCUT2D eigenvalue weighted by Gasteiger charge is -2.24. The molecule has 1 aromatic heterocycles. The van der Waals surface area contributed by atoms with Crippen molar-refractivity contribution in [2.75, 3.05) is 35.4 Å². The summed E-state index contributed by atoms with van der Waals surface area (Å²) < 4.78 is 23.2. The Morgan fingerprint density at radius 2 is 1.84 bits per heavy atom. The molecule has 0 bridgehead atoms. The number of benzene rings is 1.